The summed E-state index contributed by atoms with van der Waals surface area (Å²) in [6.07, 6.45) is 16.9. The first-order valence-corrected chi connectivity index (χ1v) is 18.2. The van der Waals surface area contributed by atoms with Crippen LogP contribution >= 0.6 is 0 Å². The minimum Gasteiger partial charge on any atom is -0.490 e. The summed E-state index contributed by atoms with van der Waals surface area (Å²) in [5.74, 6) is 0.695. The first-order chi connectivity index (χ1) is 22.9. The second-order valence-electron chi connectivity index (χ2n) is 11.9. The maximum Gasteiger partial charge on any atom is 0.338 e. The SMILES string of the molecule is C=C(C)C(=O)OCCOCCOCCOC(=O)c1cc(OCCCCCCC)c(OCCCCCCC)c(OCCCCCCC)c1. The van der Waals surface area contributed by atoms with Crippen molar-refractivity contribution in [3.8, 4) is 17.2 Å². The predicted molar refractivity (Wildman–Crippen MR) is 187 cm³/mol. The van der Waals surface area contributed by atoms with Crippen LogP contribution in [0.25, 0.3) is 0 Å². The van der Waals surface area contributed by atoms with Crippen molar-refractivity contribution < 1.29 is 42.7 Å². The van der Waals surface area contributed by atoms with Crippen LogP contribution in [0.3, 0.4) is 0 Å². The van der Waals surface area contributed by atoms with E-state index in [0.717, 1.165) is 38.5 Å². The molecule has 9 nitrogen and oxygen atoms in total. The van der Waals surface area contributed by atoms with Crippen LogP contribution in [0.4, 0.5) is 0 Å². The fraction of sp³-hybridized carbons (Fsp3) is 0.737. The van der Waals surface area contributed by atoms with Gasteiger partial charge in [-0.3, -0.25) is 0 Å². The van der Waals surface area contributed by atoms with Gasteiger partial charge >= 0.3 is 11.9 Å². The van der Waals surface area contributed by atoms with Gasteiger partial charge in [0.1, 0.15) is 13.2 Å². The fourth-order valence-electron chi connectivity index (χ4n) is 4.62. The van der Waals surface area contributed by atoms with Gasteiger partial charge in [0.25, 0.3) is 0 Å². The van der Waals surface area contributed by atoms with Crippen LogP contribution in [-0.4, -0.2) is 71.4 Å². The van der Waals surface area contributed by atoms with Crippen LogP contribution in [0, 0.1) is 0 Å². The summed E-state index contributed by atoms with van der Waals surface area (Å²) in [5.41, 5.74) is 0.707. The number of rotatable bonds is 32. The highest BCUT2D eigenvalue weighted by atomic mass is 16.6. The number of hydrogen-bond donors (Lipinski definition) is 0. The molecule has 9 heteroatoms. The van der Waals surface area contributed by atoms with E-state index < -0.39 is 11.9 Å². The molecule has 0 aromatic heterocycles. The molecule has 0 atom stereocenters. The van der Waals surface area contributed by atoms with E-state index in [9.17, 15) is 9.59 Å². The van der Waals surface area contributed by atoms with Crippen LogP contribution in [0.1, 0.15) is 134 Å². The smallest absolute Gasteiger partial charge is 0.338 e. The number of carbonyl (C=O) groups excluding carboxylic acids is 2. The van der Waals surface area contributed by atoms with Crippen molar-refractivity contribution in [2.75, 3.05) is 59.5 Å². The molecule has 1 rings (SSSR count). The second-order valence-corrected chi connectivity index (χ2v) is 11.9. The van der Waals surface area contributed by atoms with Crippen molar-refractivity contribution in [2.24, 2.45) is 0 Å². The fourth-order valence-corrected chi connectivity index (χ4v) is 4.62. The first kappa shape index (κ1) is 42.2. The lowest BCUT2D eigenvalue weighted by Gasteiger charge is -2.19. The molecule has 47 heavy (non-hydrogen) atoms. The second kappa shape index (κ2) is 29.4. The monoisotopic (exact) mass is 664 g/mol. The Morgan fingerprint density at radius 2 is 0.936 bits per heavy atom. The van der Waals surface area contributed by atoms with Crippen molar-refractivity contribution in [3.05, 3.63) is 29.8 Å². The molecule has 0 N–H and O–H groups in total. The van der Waals surface area contributed by atoms with Crippen molar-refractivity contribution >= 4 is 11.9 Å². The van der Waals surface area contributed by atoms with Crippen LogP contribution in [0.15, 0.2) is 24.3 Å². The molecule has 0 aliphatic carbocycles. The molecular weight excluding hydrogens is 600 g/mol. The summed E-state index contributed by atoms with van der Waals surface area (Å²) in [4.78, 5) is 24.5. The number of hydrogen-bond acceptors (Lipinski definition) is 9. The Bertz CT molecular complexity index is 925. The minimum absolute atomic E-state index is 0.0896. The summed E-state index contributed by atoms with van der Waals surface area (Å²) in [6.45, 7) is 14.8. The van der Waals surface area contributed by atoms with Gasteiger partial charge in [0.15, 0.2) is 11.5 Å². The van der Waals surface area contributed by atoms with E-state index in [4.69, 9.17) is 33.2 Å². The Hall–Kier alpha value is -2.78. The third-order valence-corrected chi connectivity index (χ3v) is 7.40. The number of ether oxygens (including phenoxy) is 7. The average molecular weight is 665 g/mol. The molecule has 0 saturated carbocycles. The number of benzene rings is 1. The van der Waals surface area contributed by atoms with E-state index in [2.05, 4.69) is 27.4 Å². The Morgan fingerprint density at radius 3 is 1.38 bits per heavy atom. The molecule has 1 aromatic carbocycles. The highest BCUT2D eigenvalue weighted by Gasteiger charge is 2.20. The van der Waals surface area contributed by atoms with Gasteiger partial charge in [-0.1, -0.05) is 104 Å². The third-order valence-electron chi connectivity index (χ3n) is 7.40. The average Bonchev–Trinajstić information content (AvgIpc) is 3.06. The summed E-state index contributed by atoms with van der Waals surface area (Å²) in [6, 6.07) is 3.43. The van der Waals surface area contributed by atoms with Gasteiger partial charge in [0, 0.05) is 5.57 Å². The highest BCUT2D eigenvalue weighted by molar-refractivity contribution is 5.91. The predicted octanol–water partition coefficient (Wildman–Crippen LogP) is 9.04. The van der Waals surface area contributed by atoms with Crippen molar-refractivity contribution in [3.63, 3.8) is 0 Å². The molecular formula is C38H64O9. The minimum atomic E-state index is -0.476. The zero-order valence-corrected chi connectivity index (χ0v) is 30.0. The van der Waals surface area contributed by atoms with Gasteiger partial charge in [-0.25, -0.2) is 9.59 Å². The van der Waals surface area contributed by atoms with Gasteiger partial charge in [-0.05, 0) is 38.3 Å². The topological polar surface area (TPSA) is 98.8 Å². The normalized spacial score (nSPS) is 10.9. The molecule has 0 saturated heterocycles. The van der Waals surface area contributed by atoms with Gasteiger partial charge in [-0.2, -0.15) is 0 Å². The van der Waals surface area contributed by atoms with E-state index >= 15 is 0 Å². The van der Waals surface area contributed by atoms with Gasteiger partial charge in [0.2, 0.25) is 5.75 Å². The lowest BCUT2D eigenvalue weighted by Crippen LogP contribution is -2.15. The molecule has 0 amide bonds. The third kappa shape index (κ3) is 21.7. The van der Waals surface area contributed by atoms with E-state index in [1.165, 1.54) is 57.8 Å². The molecule has 0 radical (unpaired) electrons. The number of carbonyl (C=O) groups is 2. The van der Waals surface area contributed by atoms with Crippen molar-refractivity contribution in [1.82, 2.24) is 0 Å². The quantitative estimate of drug-likeness (QED) is 0.0424. The van der Waals surface area contributed by atoms with Gasteiger partial charge in [-0.15, -0.1) is 0 Å². The molecule has 1 aromatic rings. The molecule has 0 aliphatic heterocycles. The van der Waals surface area contributed by atoms with E-state index in [1.807, 2.05) is 0 Å². The van der Waals surface area contributed by atoms with Crippen LogP contribution in [0.5, 0.6) is 17.2 Å². The lowest BCUT2D eigenvalue weighted by molar-refractivity contribution is -0.140. The molecule has 0 aliphatic rings. The van der Waals surface area contributed by atoms with Crippen LogP contribution in [-0.2, 0) is 23.7 Å². The first-order valence-electron chi connectivity index (χ1n) is 18.2. The highest BCUT2D eigenvalue weighted by Crippen LogP contribution is 2.40. The molecule has 0 fully saturated rings. The molecule has 0 heterocycles. The van der Waals surface area contributed by atoms with Crippen LogP contribution in [0.2, 0.25) is 0 Å². The van der Waals surface area contributed by atoms with Crippen LogP contribution < -0.4 is 14.2 Å². The molecule has 0 unspecified atom stereocenters. The van der Waals surface area contributed by atoms with E-state index in [-0.39, 0.29) is 26.4 Å². The van der Waals surface area contributed by atoms with Crippen molar-refractivity contribution in [1.29, 1.82) is 0 Å². The zero-order valence-electron chi connectivity index (χ0n) is 30.0. The summed E-state index contributed by atoms with van der Waals surface area (Å²) < 4.78 is 40.2. The summed E-state index contributed by atoms with van der Waals surface area (Å²) in [7, 11) is 0. The Balaban J connectivity index is 2.80. The number of esters is 2. The Kier molecular flexibility index (Phi) is 26.4. The largest absolute Gasteiger partial charge is 0.490 e. The van der Waals surface area contributed by atoms with Gasteiger partial charge in [0.05, 0.1) is 51.8 Å². The van der Waals surface area contributed by atoms with Gasteiger partial charge < -0.3 is 33.2 Å². The molecule has 270 valence electrons. The summed E-state index contributed by atoms with van der Waals surface area (Å²) in [5, 5.41) is 0. The molecule has 0 spiro atoms. The number of unbranched alkanes of at least 4 members (excludes halogenated alkanes) is 12. The van der Waals surface area contributed by atoms with E-state index in [0.29, 0.717) is 61.4 Å². The lowest BCUT2D eigenvalue weighted by atomic mass is 10.1. The zero-order chi connectivity index (χ0) is 34.4. The van der Waals surface area contributed by atoms with Crippen molar-refractivity contribution in [2.45, 2.75) is 124 Å². The van der Waals surface area contributed by atoms with E-state index in [1.54, 1.807) is 19.1 Å². The maximum atomic E-state index is 13.1. The molecule has 0 bridgehead atoms. The maximum absolute atomic E-state index is 13.1. The Labute approximate surface area is 285 Å². The standard InChI is InChI=1S/C38H64O9/c1-6-9-12-15-18-21-43-34-30-33(38(40)47-29-27-42-25-24-41-26-28-46-37(39)32(4)5)31-35(44-22-19-16-13-10-7-2)36(34)45-23-20-17-14-11-8-3/h30-31H,4,6-29H2,1-3,5H3. The summed E-state index contributed by atoms with van der Waals surface area (Å²) >= 11 is 0. The Morgan fingerprint density at radius 1 is 0.532 bits per heavy atom.